The summed E-state index contributed by atoms with van der Waals surface area (Å²) in [5, 5.41) is 7.95. The molecule has 0 fully saturated rings. The fourth-order valence-electron chi connectivity index (χ4n) is 2.54. The second-order valence-corrected chi connectivity index (χ2v) is 5.16. The predicted molar refractivity (Wildman–Crippen MR) is 79.4 cm³/mol. The summed E-state index contributed by atoms with van der Waals surface area (Å²) in [4.78, 5) is 0. The standard InChI is InChI=1S/C16H23N3/c1-6-17-16(15-10-18-19(5)13(15)4)14-8-7-11(2)9-12(14)3/h7-10,16-17H,6H2,1-5H3. The number of aromatic nitrogens is 2. The average Bonchev–Trinajstić information content (AvgIpc) is 2.68. The average molecular weight is 257 g/mol. The number of rotatable bonds is 4. The normalized spacial score (nSPS) is 12.7. The van der Waals surface area contributed by atoms with Gasteiger partial charge in [0.05, 0.1) is 12.2 Å². The van der Waals surface area contributed by atoms with E-state index in [4.69, 9.17) is 0 Å². The van der Waals surface area contributed by atoms with E-state index in [0.29, 0.717) is 0 Å². The third-order valence-electron chi connectivity index (χ3n) is 3.73. The topological polar surface area (TPSA) is 29.9 Å². The monoisotopic (exact) mass is 257 g/mol. The number of benzene rings is 1. The van der Waals surface area contributed by atoms with Gasteiger partial charge in [-0.15, -0.1) is 0 Å². The van der Waals surface area contributed by atoms with Crippen LogP contribution < -0.4 is 5.32 Å². The molecule has 0 bridgehead atoms. The van der Waals surface area contributed by atoms with Gasteiger partial charge in [0, 0.05) is 18.3 Å². The highest BCUT2D eigenvalue weighted by Crippen LogP contribution is 2.27. The summed E-state index contributed by atoms with van der Waals surface area (Å²) in [6.45, 7) is 9.51. The van der Waals surface area contributed by atoms with Gasteiger partial charge in [-0.3, -0.25) is 4.68 Å². The fraction of sp³-hybridized carbons (Fsp3) is 0.438. The maximum atomic E-state index is 4.37. The van der Waals surface area contributed by atoms with Gasteiger partial charge in [-0.05, 0) is 38.4 Å². The van der Waals surface area contributed by atoms with Crippen LogP contribution in [0, 0.1) is 20.8 Å². The van der Waals surface area contributed by atoms with Crippen LogP contribution in [0.4, 0.5) is 0 Å². The van der Waals surface area contributed by atoms with Crippen LogP contribution in [0.15, 0.2) is 24.4 Å². The number of hydrogen-bond acceptors (Lipinski definition) is 2. The number of nitrogens with one attached hydrogen (secondary N) is 1. The largest absolute Gasteiger partial charge is 0.306 e. The summed E-state index contributed by atoms with van der Waals surface area (Å²) in [7, 11) is 1.99. The fourth-order valence-corrected chi connectivity index (χ4v) is 2.54. The molecule has 1 atom stereocenters. The lowest BCUT2D eigenvalue weighted by atomic mass is 9.94. The van der Waals surface area contributed by atoms with Gasteiger partial charge < -0.3 is 5.32 Å². The van der Waals surface area contributed by atoms with E-state index in [2.05, 4.69) is 56.3 Å². The molecule has 0 radical (unpaired) electrons. The van der Waals surface area contributed by atoms with Crippen molar-refractivity contribution in [1.29, 1.82) is 0 Å². The van der Waals surface area contributed by atoms with Gasteiger partial charge in [-0.1, -0.05) is 30.7 Å². The summed E-state index contributed by atoms with van der Waals surface area (Å²) in [6.07, 6.45) is 1.97. The van der Waals surface area contributed by atoms with Crippen molar-refractivity contribution < 1.29 is 0 Å². The summed E-state index contributed by atoms with van der Waals surface area (Å²) in [6, 6.07) is 6.87. The zero-order valence-corrected chi connectivity index (χ0v) is 12.5. The van der Waals surface area contributed by atoms with E-state index < -0.39 is 0 Å². The Hall–Kier alpha value is -1.61. The first-order chi connectivity index (χ1) is 9.04. The van der Waals surface area contributed by atoms with Crippen molar-refractivity contribution in [3.8, 4) is 0 Å². The zero-order chi connectivity index (χ0) is 14.0. The summed E-state index contributed by atoms with van der Waals surface area (Å²) in [5.74, 6) is 0. The van der Waals surface area contributed by atoms with Gasteiger partial charge in [-0.25, -0.2) is 0 Å². The van der Waals surface area contributed by atoms with Crippen molar-refractivity contribution in [3.05, 3.63) is 52.3 Å². The number of aryl methyl sites for hydroxylation is 3. The van der Waals surface area contributed by atoms with Gasteiger partial charge >= 0.3 is 0 Å². The van der Waals surface area contributed by atoms with Crippen LogP contribution in [0.5, 0.6) is 0 Å². The van der Waals surface area contributed by atoms with E-state index in [-0.39, 0.29) is 6.04 Å². The summed E-state index contributed by atoms with van der Waals surface area (Å²) in [5.41, 5.74) is 6.44. The van der Waals surface area contributed by atoms with Crippen molar-refractivity contribution in [2.24, 2.45) is 7.05 Å². The van der Waals surface area contributed by atoms with E-state index >= 15 is 0 Å². The molecule has 2 aromatic rings. The van der Waals surface area contributed by atoms with E-state index in [9.17, 15) is 0 Å². The van der Waals surface area contributed by atoms with Gasteiger partial charge in [0.15, 0.2) is 0 Å². The van der Waals surface area contributed by atoms with E-state index in [1.54, 1.807) is 0 Å². The van der Waals surface area contributed by atoms with Gasteiger partial charge in [0.1, 0.15) is 0 Å². The lowest BCUT2D eigenvalue weighted by Crippen LogP contribution is -2.23. The van der Waals surface area contributed by atoms with Crippen molar-refractivity contribution in [1.82, 2.24) is 15.1 Å². The maximum absolute atomic E-state index is 4.37. The first-order valence-electron chi connectivity index (χ1n) is 6.83. The second-order valence-electron chi connectivity index (χ2n) is 5.16. The number of nitrogens with zero attached hydrogens (tertiary/aromatic N) is 2. The van der Waals surface area contributed by atoms with Gasteiger partial charge in [0.25, 0.3) is 0 Å². The molecule has 0 saturated carbocycles. The molecule has 1 heterocycles. The quantitative estimate of drug-likeness (QED) is 0.912. The zero-order valence-electron chi connectivity index (χ0n) is 12.5. The van der Waals surface area contributed by atoms with Crippen LogP contribution in [-0.2, 0) is 7.05 Å². The van der Waals surface area contributed by atoms with E-state index in [0.717, 1.165) is 6.54 Å². The molecule has 2 rings (SSSR count). The lowest BCUT2D eigenvalue weighted by molar-refractivity contribution is 0.622. The van der Waals surface area contributed by atoms with Crippen molar-refractivity contribution in [2.45, 2.75) is 33.7 Å². The summed E-state index contributed by atoms with van der Waals surface area (Å²) >= 11 is 0. The number of hydrogen-bond donors (Lipinski definition) is 1. The minimum Gasteiger partial charge on any atom is -0.306 e. The molecule has 19 heavy (non-hydrogen) atoms. The Morgan fingerprint density at radius 3 is 2.47 bits per heavy atom. The van der Waals surface area contributed by atoms with Crippen LogP contribution in [0.25, 0.3) is 0 Å². The van der Waals surface area contributed by atoms with E-state index in [1.807, 2.05) is 17.9 Å². The van der Waals surface area contributed by atoms with E-state index in [1.165, 1.54) is 27.9 Å². The minimum absolute atomic E-state index is 0.222. The van der Waals surface area contributed by atoms with Crippen LogP contribution in [0.1, 0.15) is 40.9 Å². The molecule has 3 heteroatoms. The van der Waals surface area contributed by atoms with Crippen molar-refractivity contribution in [2.75, 3.05) is 6.54 Å². The van der Waals surface area contributed by atoms with Crippen LogP contribution in [-0.4, -0.2) is 16.3 Å². The molecule has 0 spiro atoms. The Kier molecular flexibility index (Phi) is 4.05. The molecule has 1 N–H and O–H groups in total. The second kappa shape index (κ2) is 5.57. The maximum Gasteiger partial charge on any atom is 0.0613 e. The Morgan fingerprint density at radius 2 is 1.95 bits per heavy atom. The third-order valence-corrected chi connectivity index (χ3v) is 3.73. The minimum atomic E-state index is 0.222. The Labute approximate surface area is 115 Å². The molecule has 1 aromatic heterocycles. The molecule has 0 amide bonds. The Morgan fingerprint density at radius 1 is 1.21 bits per heavy atom. The molecule has 102 valence electrons. The van der Waals surface area contributed by atoms with Gasteiger partial charge in [0.2, 0.25) is 0 Å². The third kappa shape index (κ3) is 2.71. The molecule has 3 nitrogen and oxygen atoms in total. The predicted octanol–water partition coefficient (Wildman–Crippen LogP) is 3.04. The first-order valence-corrected chi connectivity index (χ1v) is 6.83. The first kappa shape index (κ1) is 13.8. The summed E-state index contributed by atoms with van der Waals surface area (Å²) < 4.78 is 1.93. The molecule has 0 aliphatic rings. The van der Waals surface area contributed by atoms with Crippen LogP contribution >= 0.6 is 0 Å². The molecule has 0 saturated heterocycles. The molecule has 1 aromatic carbocycles. The van der Waals surface area contributed by atoms with Crippen molar-refractivity contribution >= 4 is 0 Å². The lowest BCUT2D eigenvalue weighted by Gasteiger charge is -2.20. The molecule has 0 aliphatic heterocycles. The van der Waals surface area contributed by atoms with Gasteiger partial charge in [-0.2, -0.15) is 5.10 Å². The smallest absolute Gasteiger partial charge is 0.0613 e. The highest BCUT2D eigenvalue weighted by molar-refractivity contribution is 5.39. The Bertz CT molecular complexity index is 569. The molecule has 1 unspecified atom stereocenters. The SMILES string of the molecule is CCNC(c1ccc(C)cc1C)c1cnn(C)c1C. The molecule has 0 aliphatic carbocycles. The van der Waals surface area contributed by atoms with Crippen LogP contribution in [0.3, 0.4) is 0 Å². The van der Waals surface area contributed by atoms with Crippen molar-refractivity contribution in [3.63, 3.8) is 0 Å². The highest BCUT2D eigenvalue weighted by atomic mass is 15.3. The van der Waals surface area contributed by atoms with Crippen LogP contribution in [0.2, 0.25) is 0 Å². The highest BCUT2D eigenvalue weighted by Gasteiger charge is 2.19. The Balaban J connectivity index is 2.48. The molecular weight excluding hydrogens is 234 g/mol. The molecular formula is C16H23N3.